The number of carboxylic acid groups (broad SMARTS) is 1. The van der Waals surface area contributed by atoms with E-state index in [0.29, 0.717) is 0 Å². The third-order valence-corrected chi connectivity index (χ3v) is 0. The van der Waals surface area contributed by atoms with Gasteiger partial charge in [-0.2, -0.15) is 0 Å². The van der Waals surface area contributed by atoms with Gasteiger partial charge in [-0.15, -0.1) is 0 Å². The Kier molecular flexibility index (Phi) is 61.4. The van der Waals surface area contributed by atoms with E-state index in [-0.39, 0.29) is 25.0 Å². The van der Waals surface area contributed by atoms with Crippen molar-refractivity contribution in [2.45, 2.75) is 6.92 Å². The van der Waals surface area contributed by atoms with Crippen LogP contribution in [0.25, 0.3) is 0 Å². The minimum absolute atomic E-state index is 0. The minimum Gasteiger partial charge on any atom is 2.00 e. The molecule has 0 aromatic heterocycles. The van der Waals surface area contributed by atoms with Gasteiger partial charge >= 0.3 is 42.9 Å². The first-order valence-electron chi connectivity index (χ1n) is 1.38. The van der Waals surface area contributed by atoms with Crippen LogP contribution in [-0.2, 0) is 28.1 Å². The largest absolute Gasteiger partial charge is 2.00 e. The number of carboxylic acids is 1. The van der Waals surface area contributed by atoms with Gasteiger partial charge in [-0.1, -0.05) is 0 Å². The number of aliphatic carboxylic acids is 1. The third kappa shape index (κ3) is 9070. The van der Waals surface area contributed by atoms with Crippen LogP contribution in [0.5, 0.6) is 0 Å². The van der Waals surface area contributed by atoms with Crippen LogP contribution in [0.3, 0.4) is 0 Å². The molecule has 0 aliphatic rings. The van der Waals surface area contributed by atoms with Crippen LogP contribution in [0, 0.1) is 0 Å². The molecule has 9 heavy (non-hydrogen) atoms. The normalized spacial score (nSPS) is 3.67. The Morgan fingerprint density at radius 2 is 1.56 bits per heavy atom. The summed E-state index contributed by atoms with van der Waals surface area (Å²) in [5.41, 5.74) is 0. The maximum absolute atomic E-state index is 8.89. The van der Waals surface area contributed by atoms with Crippen LogP contribution in [0.15, 0.2) is 0 Å². The van der Waals surface area contributed by atoms with E-state index in [1.807, 2.05) is 0 Å². The number of hydrogen-bond acceptors (Lipinski definition) is 4. The van der Waals surface area contributed by atoms with E-state index in [2.05, 4.69) is 0 Å². The molecule has 0 saturated carbocycles. The van der Waals surface area contributed by atoms with E-state index in [4.69, 9.17) is 17.9 Å². The monoisotopic (exact) mass is 200 g/mol. The Morgan fingerprint density at radius 3 is 1.56 bits per heavy atom. The molecule has 5 nitrogen and oxygen atoms in total. The molecule has 0 saturated heterocycles. The minimum atomic E-state index is -1.75. The maximum Gasteiger partial charge on any atom is 2.00 e. The van der Waals surface area contributed by atoms with Crippen molar-refractivity contribution < 1.29 is 42.8 Å². The second kappa shape index (κ2) is 24.1. The summed E-state index contributed by atoms with van der Waals surface area (Å²) in [4.78, 5) is 8.89. The van der Waals surface area contributed by atoms with E-state index < -0.39 is 21.5 Å². The summed E-state index contributed by atoms with van der Waals surface area (Å²) in [6.07, 6.45) is 0. The van der Waals surface area contributed by atoms with Crippen LogP contribution in [0.2, 0.25) is 0 Å². The standard InChI is InChI=1S/C2H4O2.Al.H2O.2O.Zn/c1-2(3)4;;;;;/h1H3,(H,3,4);;1H2;;;/q;;;;-1;+2/p-1. The predicted octanol–water partition coefficient (Wildman–Crippen LogP) is -3.76. The fraction of sp³-hybridized carbons (Fsp3) is 0.500. The van der Waals surface area contributed by atoms with Crippen molar-refractivity contribution in [3.63, 3.8) is 0 Å². The van der Waals surface area contributed by atoms with Gasteiger partial charge in [0.1, 0.15) is 0 Å². The fourth-order valence-corrected chi connectivity index (χ4v) is 0. The molecule has 0 heterocycles. The number of carbonyl (C=O) groups is 1. The average molecular weight is 201 g/mol. The van der Waals surface area contributed by atoms with E-state index in [9.17, 15) is 0 Å². The van der Waals surface area contributed by atoms with Gasteiger partial charge in [-0.05, 0) is 6.92 Å². The molecule has 2 N–H and O–H groups in total. The summed E-state index contributed by atoms with van der Waals surface area (Å²) in [5, 5.41) is 8.89. The van der Waals surface area contributed by atoms with Crippen LogP contribution in [0.1, 0.15) is 6.92 Å². The first-order valence-corrected chi connectivity index (χ1v) is 2.32. The van der Waals surface area contributed by atoms with Gasteiger partial charge in [-0.3, -0.25) is 0 Å². The second-order valence-corrected chi connectivity index (χ2v) is 0.780. The van der Waals surface area contributed by atoms with E-state index in [1.54, 1.807) is 0 Å². The fourth-order valence-electron chi connectivity index (χ4n) is 0. The Morgan fingerprint density at radius 1 is 1.56 bits per heavy atom. The van der Waals surface area contributed by atoms with Crippen molar-refractivity contribution in [3.8, 4) is 0 Å². The summed E-state index contributed by atoms with van der Waals surface area (Å²) in [5.74, 6) is -1.08. The smallest absolute Gasteiger partial charge is 2.00 e. The molecule has 0 aliphatic carbocycles. The Labute approximate surface area is 71.4 Å². The summed E-state index contributed by atoms with van der Waals surface area (Å²) in [6.45, 7) is 0.972. The SMILES string of the molecule is CC(=O)[O-].O.[O]=[Al][O-].[Zn+2]. The summed E-state index contributed by atoms with van der Waals surface area (Å²) < 4.78 is 16.9. The van der Waals surface area contributed by atoms with Gasteiger partial charge in [0, 0.05) is 5.97 Å². The van der Waals surface area contributed by atoms with Crippen LogP contribution in [0.4, 0.5) is 0 Å². The quantitative estimate of drug-likeness (QED) is 0.375. The van der Waals surface area contributed by atoms with Gasteiger partial charge < -0.3 is 15.4 Å². The van der Waals surface area contributed by atoms with Gasteiger partial charge in [0.15, 0.2) is 0 Å². The molecular weight excluding hydrogens is 196 g/mol. The summed E-state index contributed by atoms with van der Waals surface area (Å²) in [7, 11) is 0. The van der Waals surface area contributed by atoms with Gasteiger partial charge in [0.2, 0.25) is 0 Å². The zero-order valence-electron chi connectivity index (χ0n) is 4.92. The first-order chi connectivity index (χ1) is 3.15. The van der Waals surface area contributed by atoms with E-state index >= 15 is 0 Å². The van der Waals surface area contributed by atoms with Crippen LogP contribution in [-0.4, -0.2) is 26.9 Å². The Hall–Kier alpha value is 0.186. The molecule has 0 fully saturated rings. The zero-order valence-corrected chi connectivity index (χ0v) is 9.04. The molecule has 0 rings (SSSR count). The molecule has 7 heteroatoms. The van der Waals surface area contributed by atoms with Gasteiger partial charge in [-0.25, -0.2) is 0 Å². The summed E-state index contributed by atoms with van der Waals surface area (Å²) in [6, 6.07) is 0. The molecule has 0 aromatic carbocycles. The topological polar surface area (TPSA) is 112 Å². The van der Waals surface area contributed by atoms with Crippen molar-refractivity contribution in [1.82, 2.24) is 0 Å². The van der Waals surface area contributed by atoms with Crippen molar-refractivity contribution in [1.29, 1.82) is 0 Å². The van der Waals surface area contributed by atoms with E-state index in [0.717, 1.165) is 6.92 Å². The van der Waals surface area contributed by atoms with Crippen LogP contribution >= 0.6 is 0 Å². The maximum atomic E-state index is 8.89. The number of hydrogen-bond donors (Lipinski definition) is 0. The predicted molar refractivity (Wildman–Crippen MR) is 20.7 cm³/mol. The van der Waals surface area contributed by atoms with Gasteiger partial charge in [0.05, 0.1) is 0 Å². The molecule has 48 valence electrons. The number of carbonyl (C=O) groups excluding carboxylic acids is 1. The molecule has 0 amide bonds. The van der Waals surface area contributed by atoms with E-state index in [1.165, 1.54) is 0 Å². The molecule has 0 bridgehead atoms. The Balaban J connectivity index is -0.0000000233. The molecule has 0 radical (unpaired) electrons. The van der Waals surface area contributed by atoms with Gasteiger partial charge in [0.25, 0.3) is 0 Å². The zero-order chi connectivity index (χ0) is 6.28. The second-order valence-electron chi connectivity index (χ2n) is 0.588. The summed E-state index contributed by atoms with van der Waals surface area (Å²) >= 11 is -1.75. The molecule has 0 aromatic rings. The Bertz CT molecular complexity index is 62.0. The number of rotatable bonds is 0. The molecule has 0 spiro atoms. The molecule has 0 atom stereocenters. The average Bonchev–Trinajstić information content (AvgIpc) is 1.33. The van der Waals surface area contributed by atoms with Crippen LogP contribution < -0.4 is 9.26 Å². The third-order valence-electron chi connectivity index (χ3n) is 0. The molecule has 0 aliphatic heterocycles. The molecular formula is C2H5AlO5Zn. The van der Waals surface area contributed by atoms with Crippen molar-refractivity contribution in [2.24, 2.45) is 0 Å². The van der Waals surface area contributed by atoms with Crippen molar-refractivity contribution >= 4 is 21.5 Å². The first kappa shape index (κ1) is 22.9. The van der Waals surface area contributed by atoms with Crippen molar-refractivity contribution in [2.75, 3.05) is 0 Å². The van der Waals surface area contributed by atoms with Crippen molar-refractivity contribution in [3.05, 3.63) is 0 Å². The molecule has 0 unspecified atom stereocenters.